The minimum Gasteiger partial charge on any atom is -0.298 e. The van der Waals surface area contributed by atoms with Crippen LogP contribution in [0.1, 0.15) is 29.8 Å². The van der Waals surface area contributed by atoms with Crippen LogP contribution >= 0.6 is 0 Å². The van der Waals surface area contributed by atoms with Gasteiger partial charge in [-0.1, -0.05) is 48.6 Å². The largest absolute Gasteiger partial charge is 0.298 e. The Bertz CT molecular complexity index is 649. The third kappa shape index (κ3) is 3.12. The maximum atomic E-state index is 11.2. The topological polar surface area (TPSA) is 17.1 Å². The van der Waals surface area contributed by atoms with Crippen LogP contribution in [0, 0.1) is 0 Å². The number of hydrogen-bond acceptors (Lipinski definition) is 1. The minimum absolute atomic E-state index is 0.699. The molecule has 0 aliphatic carbocycles. The van der Waals surface area contributed by atoms with Gasteiger partial charge < -0.3 is 0 Å². The van der Waals surface area contributed by atoms with Crippen molar-refractivity contribution in [2.75, 3.05) is 0 Å². The molecule has 0 amide bonds. The lowest BCUT2D eigenvalue weighted by Crippen LogP contribution is -1.89. The van der Waals surface area contributed by atoms with Gasteiger partial charge in [0.25, 0.3) is 0 Å². The summed E-state index contributed by atoms with van der Waals surface area (Å²) in [6.45, 7) is 4.00. The molecule has 0 heterocycles. The lowest BCUT2D eigenvalue weighted by molar-refractivity contribution is 0.112. The zero-order chi connectivity index (χ0) is 14.4. The number of rotatable bonds is 4. The van der Waals surface area contributed by atoms with E-state index in [1.807, 2.05) is 50.3 Å². The van der Waals surface area contributed by atoms with Gasteiger partial charge in [0, 0.05) is 5.56 Å². The highest BCUT2D eigenvalue weighted by molar-refractivity contribution is 5.85. The molecular formula is C19H18O. The summed E-state index contributed by atoms with van der Waals surface area (Å²) < 4.78 is 0. The third-order valence-electron chi connectivity index (χ3n) is 3.19. The highest BCUT2D eigenvalue weighted by Crippen LogP contribution is 2.26. The Morgan fingerprint density at radius 2 is 1.70 bits per heavy atom. The molecule has 0 saturated heterocycles. The molecule has 0 unspecified atom stereocenters. The summed E-state index contributed by atoms with van der Waals surface area (Å²) in [6.07, 6.45) is 7.02. The second kappa shape index (κ2) is 6.67. The van der Waals surface area contributed by atoms with Crippen LogP contribution in [0.4, 0.5) is 0 Å². The fraction of sp³-hybridized carbons (Fsp3) is 0.105. The zero-order valence-corrected chi connectivity index (χ0v) is 11.8. The second-order valence-corrected chi connectivity index (χ2v) is 4.57. The standard InChI is InChI=1S/C19H18O/c1-3-8-16(4-2)18-11-15(14-20)12-19(13-18)17-9-6-5-7-10-17/h3-14H,1-2H3/b8-3-,16-4+. The van der Waals surface area contributed by atoms with E-state index in [1.54, 1.807) is 0 Å². The minimum atomic E-state index is 0.699. The molecule has 20 heavy (non-hydrogen) atoms. The average molecular weight is 262 g/mol. The first-order chi connectivity index (χ1) is 9.78. The third-order valence-corrected chi connectivity index (χ3v) is 3.19. The van der Waals surface area contributed by atoms with Gasteiger partial charge in [0.05, 0.1) is 0 Å². The van der Waals surface area contributed by atoms with E-state index in [-0.39, 0.29) is 0 Å². The van der Waals surface area contributed by atoms with E-state index in [0.29, 0.717) is 5.56 Å². The molecule has 0 N–H and O–H groups in total. The molecule has 0 saturated carbocycles. The molecule has 0 bridgehead atoms. The Kier molecular flexibility index (Phi) is 4.67. The van der Waals surface area contributed by atoms with Gasteiger partial charge in [0.15, 0.2) is 0 Å². The van der Waals surface area contributed by atoms with Gasteiger partial charge in [0.1, 0.15) is 6.29 Å². The molecular weight excluding hydrogens is 244 g/mol. The van der Waals surface area contributed by atoms with Gasteiger partial charge >= 0.3 is 0 Å². The fourth-order valence-corrected chi connectivity index (χ4v) is 2.22. The van der Waals surface area contributed by atoms with Crippen LogP contribution in [-0.4, -0.2) is 6.29 Å². The average Bonchev–Trinajstić information content (AvgIpc) is 2.53. The summed E-state index contributed by atoms with van der Waals surface area (Å²) in [5.74, 6) is 0. The SMILES string of the molecule is C/C=C\C(=C/C)c1cc(C=O)cc(-c2ccccc2)c1. The molecule has 0 aromatic heterocycles. The summed E-state index contributed by atoms with van der Waals surface area (Å²) in [5.41, 5.74) is 5.06. The fourth-order valence-electron chi connectivity index (χ4n) is 2.22. The maximum absolute atomic E-state index is 11.2. The van der Waals surface area contributed by atoms with Crippen LogP contribution < -0.4 is 0 Å². The van der Waals surface area contributed by atoms with E-state index < -0.39 is 0 Å². The van der Waals surface area contributed by atoms with Crippen LogP contribution in [0.25, 0.3) is 16.7 Å². The van der Waals surface area contributed by atoms with Crippen molar-refractivity contribution in [3.05, 3.63) is 77.9 Å². The van der Waals surface area contributed by atoms with E-state index in [0.717, 1.165) is 28.5 Å². The summed E-state index contributed by atoms with van der Waals surface area (Å²) >= 11 is 0. The van der Waals surface area contributed by atoms with Gasteiger partial charge in [-0.25, -0.2) is 0 Å². The van der Waals surface area contributed by atoms with Crippen LogP contribution in [0.3, 0.4) is 0 Å². The zero-order valence-electron chi connectivity index (χ0n) is 11.8. The normalized spacial score (nSPS) is 11.8. The van der Waals surface area contributed by atoms with Crippen molar-refractivity contribution in [3.8, 4) is 11.1 Å². The lowest BCUT2D eigenvalue weighted by atomic mass is 9.96. The predicted molar refractivity (Wildman–Crippen MR) is 85.7 cm³/mol. The quantitative estimate of drug-likeness (QED) is 0.550. The van der Waals surface area contributed by atoms with E-state index >= 15 is 0 Å². The highest BCUT2D eigenvalue weighted by atomic mass is 16.1. The first-order valence-corrected chi connectivity index (χ1v) is 6.73. The number of carbonyl (C=O) groups excluding carboxylic acids is 1. The van der Waals surface area contributed by atoms with Gasteiger partial charge in [-0.3, -0.25) is 4.79 Å². The molecule has 0 atom stereocenters. The van der Waals surface area contributed by atoms with Crippen molar-refractivity contribution >= 4 is 11.9 Å². The summed E-state index contributed by atoms with van der Waals surface area (Å²) in [7, 11) is 0. The lowest BCUT2D eigenvalue weighted by Gasteiger charge is -2.08. The monoisotopic (exact) mass is 262 g/mol. The van der Waals surface area contributed by atoms with E-state index in [9.17, 15) is 4.79 Å². The smallest absolute Gasteiger partial charge is 0.150 e. The van der Waals surface area contributed by atoms with Gasteiger partial charge in [-0.2, -0.15) is 0 Å². The first kappa shape index (κ1) is 14.0. The van der Waals surface area contributed by atoms with E-state index in [4.69, 9.17) is 0 Å². The maximum Gasteiger partial charge on any atom is 0.150 e. The second-order valence-electron chi connectivity index (χ2n) is 4.57. The van der Waals surface area contributed by atoms with Crippen molar-refractivity contribution in [3.63, 3.8) is 0 Å². The molecule has 0 radical (unpaired) electrons. The Morgan fingerprint density at radius 3 is 2.30 bits per heavy atom. The summed E-state index contributed by atoms with van der Waals surface area (Å²) in [4.78, 5) is 11.2. The van der Waals surface area contributed by atoms with E-state index in [1.165, 1.54) is 0 Å². The van der Waals surface area contributed by atoms with Gasteiger partial charge in [-0.15, -0.1) is 0 Å². The Balaban J connectivity index is 2.58. The van der Waals surface area contributed by atoms with Gasteiger partial charge in [-0.05, 0) is 54.3 Å². The number of hydrogen-bond donors (Lipinski definition) is 0. The van der Waals surface area contributed by atoms with Crippen LogP contribution in [0.2, 0.25) is 0 Å². The number of benzene rings is 2. The van der Waals surface area contributed by atoms with Crippen molar-refractivity contribution in [1.29, 1.82) is 0 Å². The Morgan fingerprint density at radius 1 is 0.950 bits per heavy atom. The first-order valence-electron chi connectivity index (χ1n) is 6.73. The summed E-state index contributed by atoms with van der Waals surface area (Å²) in [5, 5.41) is 0. The van der Waals surface area contributed by atoms with Crippen molar-refractivity contribution in [2.45, 2.75) is 13.8 Å². The molecule has 0 fully saturated rings. The molecule has 2 aromatic carbocycles. The molecule has 100 valence electrons. The number of allylic oxidation sites excluding steroid dienone is 4. The predicted octanol–water partition coefficient (Wildman–Crippen LogP) is 5.15. The molecule has 2 aromatic rings. The molecule has 2 rings (SSSR count). The molecule has 0 aliphatic rings. The number of carbonyl (C=O) groups is 1. The van der Waals surface area contributed by atoms with Crippen molar-refractivity contribution in [1.82, 2.24) is 0 Å². The van der Waals surface area contributed by atoms with Crippen molar-refractivity contribution in [2.24, 2.45) is 0 Å². The molecule has 0 aliphatic heterocycles. The van der Waals surface area contributed by atoms with Gasteiger partial charge in [0.2, 0.25) is 0 Å². The van der Waals surface area contributed by atoms with E-state index in [2.05, 4.69) is 30.4 Å². The number of aldehydes is 1. The summed E-state index contributed by atoms with van der Waals surface area (Å²) in [6, 6.07) is 16.1. The van der Waals surface area contributed by atoms with Crippen LogP contribution in [0.5, 0.6) is 0 Å². The van der Waals surface area contributed by atoms with Crippen molar-refractivity contribution < 1.29 is 4.79 Å². The highest BCUT2D eigenvalue weighted by Gasteiger charge is 2.05. The molecule has 1 nitrogen and oxygen atoms in total. The molecule has 1 heteroatoms. The van der Waals surface area contributed by atoms with Crippen LogP contribution in [0.15, 0.2) is 66.8 Å². The Labute approximate surface area is 120 Å². The molecule has 0 spiro atoms. The van der Waals surface area contributed by atoms with Crippen LogP contribution in [-0.2, 0) is 0 Å². The Hall–Kier alpha value is -2.41.